The first-order valence-electron chi connectivity index (χ1n) is 7.79. The molecule has 0 N–H and O–H groups in total. The summed E-state index contributed by atoms with van der Waals surface area (Å²) in [4.78, 5) is 25.2. The normalized spacial score (nSPS) is 11.8. The fourth-order valence-corrected chi connectivity index (χ4v) is 3.72. The van der Waals surface area contributed by atoms with E-state index >= 15 is 0 Å². The molecule has 2 aromatic carbocycles. The van der Waals surface area contributed by atoms with Gasteiger partial charge in [-0.2, -0.15) is 4.99 Å². The number of hydrogen-bond acceptors (Lipinski definition) is 4. The van der Waals surface area contributed by atoms with Crippen LogP contribution in [0.5, 0.6) is 0 Å². The number of benzene rings is 2. The number of fused-ring (bicyclic) bond motifs is 2. The second kappa shape index (κ2) is 6.70. The van der Waals surface area contributed by atoms with E-state index < -0.39 is 17.5 Å². The van der Waals surface area contributed by atoms with Crippen LogP contribution in [0.15, 0.2) is 47.6 Å². The molecule has 0 aliphatic heterocycles. The minimum Gasteiger partial charge on any atom is -0.302 e. The molecule has 0 aliphatic rings. The number of thiazole rings is 1. The summed E-state index contributed by atoms with van der Waals surface area (Å²) in [5, 5.41) is 0. The van der Waals surface area contributed by atoms with Gasteiger partial charge in [-0.25, -0.2) is 13.8 Å². The molecule has 2 heterocycles. The standard InChI is InChI=1S/C19H10F2N4OS/c1-2-7-25-17-12(21)8-11(20)9-16(17)27-19(25)24-18(26)15-10-22-13-5-3-4-6-14(13)23-15/h1,3-6,8-10H,7H2. The summed E-state index contributed by atoms with van der Waals surface area (Å²) in [6.45, 7) is -0.0158. The van der Waals surface area contributed by atoms with Crippen LogP contribution in [0.2, 0.25) is 0 Å². The van der Waals surface area contributed by atoms with Crippen molar-refractivity contribution in [3.63, 3.8) is 0 Å². The number of amides is 1. The Morgan fingerprint density at radius 1 is 1.26 bits per heavy atom. The molecule has 5 nitrogen and oxygen atoms in total. The number of nitrogens with zero attached hydrogens (tertiary/aromatic N) is 4. The Balaban J connectivity index is 1.88. The molecule has 4 aromatic rings. The van der Waals surface area contributed by atoms with Crippen LogP contribution < -0.4 is 4.80 Å². The number of rotatable bonds is 2. The molecule has 4 rings (SSSR count). The van der Waals surface area contributed by atoms with Crippen LogP contribution >= 0.6 is 11.3 Å². The van der Waals surface area contributed by atoms with Crippen molar-refractivity contribution in [2.75, 3.05) is 0 Å². The van der Waals surface area contributed by atoms with E-state index in [1.54, 1.807) is 18.2 Å². The Labute approximate surface area is 155 Å². The van der Waals surface area contributed by atoms with Gasteiger partial charge >= 0.3 is 0 Å². The smallest absolute Gasteiger partial charge is 0.299 e. The number of hydrogen-bond donors (Lipinski definition) is 0. The monoisotopic (exact) mass is 380 g/mol. The number of terminal acetylenes is 1. The third-order valence-electron chi connectivity index (χ3n) is 3.81. The molecule has 0 fully saturated rings. The SMILES string of the molecule is C#CCn1c(=NC(=O)c2cnc3ccccc3n2)sc2cc(F)cc(F)c21. The van der Waals surface area contributed by atoms with Crippen LogP contribution in [0.25, 0.3) is 21.3 Å². The number of para-hydroxylation sites is 2. The van der Waals surface area contributed by atoms with Gasteiger partial charge in [0.15, 0.2) is 10.6 Å². The molecule has 0 saturated heterocycles. The van der Waals surface area contributed by atoms with E-state index in [0.29, 0.717) is 15.7 Å². The van der Waals surface area contributed by atoms with Crippen LogP contribution in [-0.2, 0) is 6.54 Å². The summed E-state index contributed by atoms with van der Waals surface area (Å²) in [6, 6.07) is 9.05. The zero-order valence-corrected chi connectivity index (χ0v) is 14.5. The highest BCUT2D eigenvalue weighted by Gasteiger charge is 2.14. The molecule has 132 valence electrons. The van der Waals surface area contributed by atoms with E-state index in [9.17, 15) is 13.6 Å². The van der Waals surface area contributed by atoms with Crippen molar-refractivity contribution < 1.29 is 13.6 Å². The van der Waals surface area contributed by atoms with E-state index in [4.69, 9.17) is 6.42 Å². The molecule has 8 heteroatoms. The minimum atomic E-state index is -0.768. The third kappa shape index (κ3) is 3.09. The average Bonchev–Trinajstić information content (AvgIpc) is 2.98. The number of aromatic nitrogens is 3. The highest BCUT2D eigenvalue weighted by Crippen LogP contribution is 2.22. The molecular formula is C19H10F2N4OS. The lowest BCUT2D eigenvalue weighted by molar-refractivity contribution is 0.0993. The van der Waals surface area contributed by atoms with Gasteiger partial charge in [0, 0.05) is 6.07 Å². The predicted octanol–water partition coefficient (Wildman–Crippen LogP) is 3.30. The number of carbonyl (C=O) groups excluding carboxylic acids is 1. The van der Waals surface area contributed by atoms with Gasteiger partial charge in [-0.15, -0.1) is 6.42 Å². The van der Waals surface area contributed by atoms with E-state index in [2.05, 4.69) is 20.9 Å². The second-order valence-corrected chi connectivity index (χ2v) is 6.58. The van der Waals surface area contributed by atoms with Crippen LogP contribution in [0.3, 0.4) is 0 Å². The highest BCUT2D eigenvalue weighted by atomic mass is 32.1. The highest BCUT2D eigenvalue weighted by molar-refractivity contribution is 7.16. The van der Waals surface area contributed by atoms with E-state index in [1.165, 1.54) is 16.8 Å². The van der Waals surface area contributed by atoms with Gasteiger partial charge in [-0.05, 0) is 18.2 Å². The van der Waals surface area contributed by atoms with Gasteiger partial charge in [0.2, 0.25) is 0 Å². The number of carbonyl (C=O) groups is 1. The third-order valence-corrected chi connectivity index (χ3v) is 4.83. The fourth-order valence-electron chi connectivity index (χ4n) is 2.66. The Hall–Kier alpha value is -3.44. The van der Waals surface area contributed by atoms with Crippen molar-refractivity contribution in [2.24, 2.45) is 4.99 Å². The zero-order valence-electron chi connectivity index (χ0n) is 13.7. The molecule has 0 spiro atoms. The maximum absolute atomic E-state index is 14.2. The Morgan fingerprint density at radius 2 is 2.04 bits per heavy atom. The summed E-state index contributed by atoms with van der Waals surface area (Å²) in [6.07, 6.45) is 6.68. The van der Waals surface area contributed by atoms with E-state index in [0.717, 1.165) is 17.4 Å². The summed E-state index contributed by atoms with van der Waals surface area (Å²) in [7, 11) is 0. The topological polar surface area (TPSA) is 60.1 Å². The van der Waals surface area contributed by atoms with Crippen LogP contribution in [0, 0.1) is 24.0 Å². The van der Waals surface area contributed by atoms with Gasteiger partial charge < -0.3 is 4.57 Å². The average molecular weight is 380 g/mol. The first-order valence-corrected chi connectivity index (χ1v) is 8.61. The maximum atomic E-state index is 14.2. The molecular weight excluding hydrogens is 370 g/mol. The van der Waals surface area contributed by atoms with Crippen molar-refractivity contribution in [3.05, 3.63) is 64.7 Å². The van der Waals surface area contributed by atoms with Gasteiger partial charge in [0.1, 0.15) is 11.5 Å². The molecule has 0 radical (unpaired) electrons. The molecule has 1 amide bonds. The van der Waals surface area contributed by atoms with E-state index in [-0.39, 0.29) is 22.6 Å². The summed E-state index contributed by atoms with van der Waals surface area (Å²) in [5.41, 5.74) is 1.36. The summed E-state index contributed by atoms with van der Waals surface area (Å²) >= 11 is 0.971. The molecule has 0 atom stereocenters. The van der Waals surface area contributed by atoms with Crippen LogP contribution in [0.1, 0.15) is 10.5 Å². The van der Waals surface area contributed by atoms with Gasteiger partial charge in [-0.1, -0.05) is 29.4 Å². The lowest BCUT2D eigenvalue weighted by Gasteiger charge is -2.01. The Bertz CT molecular complexity index is 1320. The lowest BCUT2D eigenvalue weighted by atomic mass is 10.3. The summed E-state index contributed by atoms with van der Waals surface area (Å²) in [5.74, 6) is 0.262. The van der Waals surface area contributed by atoms with Crippen molar-refractivity contribution in [1.82, 2.24) is 14.5 Å². The fraction of sp³-hybridized carbons (Fsp3) is 0.0526. The maximum Gasteiger partial charge on any atom is 0.299 e. The van der Waals surface area contributed by atoms with Crippen molar-refractivity contribution >= 4 is 38.5 Å². The minimum absolute atomic E-state index is 0.0158. The zero-order chi connectivity index (χ0) is 19.0. The van der Waals surface area contributed by atoms with Gasteiger partial charge in [-0.3, -0.25) is 9.78 Å². The first kappa shape index (κ1) is 17.0. The molecule has 0 bridgehead atoms. The van der Waals surface area contributed by atoms with Crippen molar-refractivity contribution in [2.45, 2.75) is 6.54 Å². The van der Waals surface area contributed by atoms with Gasteiger partial charge in [0.25, 0.3) is 5.91 Å². The van der Waals surface area contributed by atoms with Gasteiger partial charge in [0.05, 0.1) is 34.0 Å². The number of halogens is 2. The molecule has 27 heavy (non-hydrogen) atoms. The first-order chi connectivity index (χ1) is 13.1. The summed E-state index contributed by atoms with van der Waals surface area (Å²) < 4.78 is 29.4. The van der Waals surface area contributed by atoms with Crippen LogP contribution in [-0.4, -0.2) is 20.4 Å². The molecule has 0 unspecified atom stereocenters. The van der Waals surface area contributed by atoms with E-state index in [1.807, 2.05) is 6.07 Å². The van der Waals surface area contributed by atoms with Crippen LogP contribution in [0.4, 0.5) is 8.78 Å². The molecule has 0 aliphatic carbocycles. The Kier molecular flexibility index (Phi) is 4.22. The quantitative estimate of drug-likeness (QED) is 0.502. The molecule has 0 saturated carbocycles. The Morgan fingerprint density at radius 3 is 2.81 bits per heavy atom. The lowest BCUT2D eigenvalue weighted by Crippen LogP contribution is -2.17. The van der Waals surface area contributed by atoms with Crippen molar-refractivity contribution in [1.29, 1.82) is 0 Å². The second-order valence-electron chi connectivity index (χ2n) is 5.57. The molecule has 2 aromatic heterocycles. The largest absolute Gasteiger partial charge is 0.302 e. The van der Waals surface area contributed by atoms with Crippen molar-refractivity contribution in [3.8, 4) is 12.3 Å². The predicted molar refractivity (Wildman–Crippen MR) is 98.0 cm³/mol.